The van der Waals surface area contributed by atoms with Gasteiger partial charge in [0.1, 0.15) is 0 Å². The van der Waals surface area contributed by atoms with Gasteiger partial charge in [0.05, 0.1) is 5.92 Å². The Morgan fingerprint density at radius 1 is 1.35 bits per heavy atom. The number of aliphatic carboxylic acids is 1. The molecule has 0 bridgehead atoms. The van der Waals surface area contributed by atoms with E-state index >= 15 is 0 Å². The standard InChI is InChI=1S/C19H24N2O2/c1-11(2)21-10-12-8-17-15(7-13(19(22)23)9-20(17)3)14-5-4-6-16(21)18(12)14/h4-6,10-11,13,15,17H,7-9H2,1-3H3,(H,22,23)/t13-,15?,17-/m1/s1. The van der Waals surface area contributed by atoms with Crippen LogP contribution in [0.2, 0.25) is 0 Å². The van der Waals surface area contributed by atoms with Gasteiger partial charge in [0.2, 0.25) is 0 Å². The Kier molecular flexibility index (Phi) is 3.27. The fraction of sp³-hybridized carbons (Fsp3) is 0.526. The number of piperidine rings is 1. The molecule has 122 valence electrons. The monoisotopic (exact) mass is 312 g/mol. The summed E-state index contributed by atoms with van der Waals surface area (Å²) in [5, 5.41) is 10.9. The lowest BCUT2D eigenvalue weighted by atomic mass is 9.72. The maximum atomic E-state index is 11.5. The summed E-state index contributed by atoms with van der Waals surface area (Å²) in [6.07, 6.45) is 4.10. The molecule has 0 radical (unpaired) electrons. The Hall–Kier alpha value is -1.81. The third kappa shape index (κ3) is 2.12. The first-order valence-corrected chi connectivity index (χ1v) is 8.52. The molecule has 23 heavy (non-hydrogen) atoms. The molecule has 0 amide bonds. The van der Waals surface area contributed by atoms with Crippen molar-refractivity contribution >= 4 is 16.9 Å². The second-order valence-electron chi connectivity index (χ2n) is 7.49. The predicted molar refractivity (Wildman–Crippen MR) is 90.9 cm³/mol. The number of likely N-dealkylation sites (tertiary alicyclic amines) is 1. The van der Waals surface area contributed by atoms with E-state index in [9.17, 15) is 9.90 Å². The quantitative estimate of drug-likeness (QED) is 0.926. The minimum Gasteiger partial charge on any atom is -0.481 e. The number of fused-ring (bicyclic) bond motifs is 2. The zero-order valence-electron chi connectivity index (χ0n) is 14.0. The number of hydrogen-bond acceptors (Lipinski definition) is 2. The molecule has 2 heterocycles. The van der Waals surface area contributed by atoms with E-state index in [4.69, 9.17) is 0 Å². The van der Waals surface area contributed by atoms with Crippen molar-refractivity contribution < 1.29 is 9.90 Å². The molecule has 4 nitrogen and oxygen atoms in total. The highest BCUT2D eigenvalue weighted by Crippen LogP contribution is 2.45. The maximum absolute atomic E-state index is 11.5. The second-order valence-corrected chi connectivity index (χ2v) is 7.49. The van der Waals surface area contributed by atoms with E-state index in [1.54, 1.807) is 0 Å². The molecule has 3 atom stereocenters. The van der Waals surface area contributed by atoms with Gasteiger partial charge in [-0.15, -0.1) is 0 Å². The third-order valence-electron chi connectivity index (χ3n) is 5.78. The number of nitrogens with zero attached hydrogens (tertiary/aromatic N) is 2. The first-order valence-electron chi connectivity index (χ1n) is 8.52. The van der Waals surface area contributed by atoms with E-state index in [0.717, 1.165) is 12.8 Å². The zero-order chi connectivity index (χ0) is 16.3. The summed E-state index contributed by atoms with van der Waals surface area (Å²) >= 11 is 0. The molecule has 0 spiro atoms. The zero-order valence-corrected chi connectivity index (χ0v) is 14.0. The molecule has 1 N–H and O–H groups in total. The van der Waals surface area contributed by atoms with Gasteiger partial charge in [0.25, 0.3) is 0 Å². The van der Waals surface area contributed by atoms with Crippen LogP contribution in [0.15, 0.2) is 24.4 Å². The maximum Gasteiger partial charge on any atom is 0.307 e. The van der Waals surface area contributed by atoms with Crippen molar-refractivity contribution in [3.8, 4) is 0 Å². The van der Waals surface area contributed by atoms with Gasteiger partial charge in [0, 0.05) is 41.6 Å². The van der Waals surface area contributed by atoms with Gasteiger partial charge >= 0.3 is 5.97 Å². The molecular formula is C19H24N2O2. The van der Waals surface area contributed by atoms with E-state index in [-0.39, 0.29) is 5.92 Å². The van der Waals surface area contributed by atoms with Crippen molar-refractivity contribution in [3.63, 3.8) is 0 Å². The summed E-state index contributed by atoms with van der Waals surface area (Å²) in [7, 11) is 2.08. The van der Waals surface area contributed by atoms with Crippen LogP contribution in [0.1, 0.15) is 43.4 Å². The van der Waals surface area contributed by atoms with E-state index in [1.807, 2.05) is 0 Å². The molecule has 1 aromatic heterocycles. The lowest BCUT2D eigenvalue weighted by Gasteiger charge is -2.44. The number of carboxylic acid groups (broad SMARTS) is 1. The Labute approximate surface area is 136 Å². The topological polar surface area (TPSA) is 45.5 Å². The molecule has 4 heteroatoms. The summed E-state index contributed by atoms with van der Waals surface area (Å²) in [6, 6.07) is 7.40. The van der Waals surface area contributed by atoms with Crippen molar-refractivity contribution in [3.05, 3.63) is 35.5 Å². The minimum atomic E-state index is -0.659. The molecule has 1 saturated heterocycles. The number of aromatic nitrogens is 1. The molecule has 4 rings (SSSR count). The fourth-order valence-corrected chi connectivity index (χ4v) is 4.68. The summed E-state index contributed by atoms with van der Waals surface area (Å²) in [5.74, 6) is -0.590. The highest BCUT2D eigenvalue weighted by atomic mass is 16.4. The van der Waals surface area contributed by atoms with Gasteiger partial charge in [0.15, 0.2) is 0 Å². The first-order chi connectivity index (χ1) is 11.0. The molecule has 1 unspecified atom stereocenters. The summed E-state index contributed by atoms with van der Waals surface area (Å²) in [6.45, 7) is 5.09. The number of rotatable bonds is 2. The smallest absolute Gasteiger partial charge is 0.307 e. The van der Waals surface area contributed by atoms with Crippen molar-refractivity contribution in [2.24, 2.45) is 5.92 Å². The molecule has 1 aliphatic heterocycles. The Bertz CT molecular complexity index is 777. The normalized spacial score (nSPS) is 27.4. The van der Waals surface area contributed by atoms with Crippen LogP contribution in [0.5, 0.6) is 0 Å². The Morgan fingerprint density at radius 2 is 2.13 bits per heavy atom. The summed E-state index contributed by atoms with van der Waals surface area (Å²) < 4.78 is 2.36. The largest absolute Gasteiger partial charge is 0.481 e. The Balaban J connectivity index is 1.87. The van der Waals surface area contributed by atoms with Gasteiger partial charge in [-0.25, -0.2) is 0 Å². The SMILES string of the molecule is CC(C)n1cc2c3c(cccc31)C1C[C@@H](C(=O)O)CN(C)[C@@H]1C2. The van der Waals surface area contributed by atoms with Crippen LogP contribution < -0.4 is 0 Å². The van der Waals surface area contributed by atoms with Crippen LogP contribution in [0.4, 0.5) is 0 Å². The molecule has 1 fully saturated rings. The van der Waals surface area contributed by atoms with Crippen LogP contribution in [0, 0.1) is 5.92 Å². The average molecular weight is 312 g/mol. The van der Waals surface area contributed by atoms with Gasteiger partial charge in [-0.3, -0.25) is 4.79 Å². The molecule has 2 aliphatic rings. The summed E-state index contributed by atoms with van der Waals surface area (Å²) in [4.78, 5) is 13.8. The molecule has 1 aliphatic carbocycles. The van der Waals surface area contributed by atoms with Gasteiger partial charge in [-0.2, -0.15) is 0 Å². The second kappa shape index (κ2) is 5.10. The van der Waals surface area contributed by atoms with E-state index in [0.29, 0.717) is 24.5 Å². The third-order valence-corrected chi connectivity index (χ3v) is 5.78. The van der Waals surface area contributed by atoms with E-state index < -0.39 is 5.97 Å². The number of benzene rings is 1. The highest BCUT2D eigenvalue weighted by molar-refractivity contribution is 5.89. The van der Waals surface area contributed by atoms with Crippen LogP contribution >= 0.6 is 0 Å². The highest BCUT2D eigenvalue weighted by Gasteiger charge is 2.41. The van der Waals surface area contributed by atoms with Crippen molar-refractivity contribution in [2.75, 3.05) is 13.6 Å². The minimum absolute atomic E-state index is 0.259. The predicted octanol–water partition coefficient (Wildman–Crippen LogP) is 3.27. The van der Waals surface area contributed by atoms with Gasteiger partial charge in [-0.1, -0.05) is 12.1 Å². The van der Waals surface area contributed by atoms with Crippen LogP contribution in [0.25, 0.3) is 10.9 Å². The summed E-state index contributed by atoms with van der Waals surface area (Å²) in [5.41, 5.74) is 4.07. The van der Waals surface area contributed by atoms with Crippen LogP contribution in [-0.2, 0) is 11.2 Å². The molecular weight excluding hydrogens is 288 g/mol. The number of hydrogen-bond donors (Lipinski definition) is 1. The molecule has 2 aromatic rings. The van der Waals surface area contributed by atoms with E-state index in [1.165, 1.54) is 22.0 Å². The fourth-order valence-electron chi connectivity index (χ4n) is 4.68. The van der Waals surface area contributed by atoms with Crippen molar-refractivity contribution in [2.45, 2.75) is 44.7 Å². The lowest BCUT2D eigenvalue weighted by molar-refractivity contribution is -0.144. The number of likely N-dealkylation sites (N-methyl/N-ethyl adjacent to an activating group) is 1. The van der Waals surface area contributed by atoms with Gasteiger partial charge in [-0.05, 0) is 50.9 Å². The Morgan fingerprint density at radius 3 is 2.83 bits per heavy atom. The van der Waals surface area contributed by atoms with Gasteiger partial charge < -0.3 is 14.6 Å². The van der Waals surface area contributed by atoms with Crippen molar-refractivity contribution in [1.82, 2.24) is 9.47 Å². The van der Waals surface area contributed by atoms with Crippen LogP contribution in [0.3, 0.4) is 0 Å². The van der Waals surface area contributed by atoms with Crippen LogP contribution in [-0.4, -0.2) is 40.2 Å². The first kappa shape index (κ1) is 14.8. The van der Waals surface area contributed by atoms with E-state index in [2.05, 4.69) is 54.8 Å². The van der Waals surface area contributed by atoms with Crippen molar-refractivity contribution in [1.29, 1.82) is 0 Å². The average Bonchev–Trinajstić information content (AvgIpc) is 2.88. The molecule has 1 aromatic carbocycles. The number of carboxylic acids is 1. The molecule has 0 saturated carbocycles. The number of carbonyl (C=O) groups is 1. The lowest BCUT2D eigenvalue weighted by Crippen LogP contribution is -2.49.